The summed E-state index contributed by atoms with van der Waals surface area (Å²) >= 11 is 0. The van der Waals surface area contributed by atoms with Crippen LogP contribution in [-0.2, 0) is 20.5 Å². The van der Waals surface area contributed by atoms with E-state index in [4.69, 9.17) is 15.0 Å². The lowest BCUT2D eigenvalue weighted by molar-refractivity contribution is -0.162. The number of aliphatic hydroxyl groups is 1. The normalized spacial score (nSPS) is 34.4. The zero-order valence-electron chi connectivity index (χ0n) is 20.2. The van der Waals surface area contributed by atoms with Crippen LogP contribution >= 0.6 is 7.82 Å². The Kier molecular flexibility index (Phi) is 7.20. The number of hydrogen-bond acceptors (Lipinski definition) is 6. The van der Waals surface area contributed by atoms with E-state index in [1.807, 2.05) is 6.07 Å². The molecule has 3 aliphatic carbocycles. The van der Waals surface area contributed by atoms with Crippen LogP contribution < -0.4 is 10.3 Å². The third kappa shape index (κ3) is 4.80. The summed E-state index contributed by atoms with van der Waals surface area (Å²) < 4.78 is 22.1. The molecule has 0 saturated heterocycles. The van der Waals surface area contributed by atoms with Crippen LogP contribution in [0.15, 0.2) is 18.2 Å². The lowest BCUT2D eigenvalue weighted by atomic mass is 9.52. The number of ether oxygens (including phenoxy) is 1. The lowest BCUT2D eigenvalue weighted by Gasteiger charge is -2.53. The first-order chi connectivity index (χ1) is 15.9. The summed E-state index contributed by atoms with van der Waals surface area (Å²) in [5.74, 6) is 1.39. The first kappa shape index (κ1) is 25.6. The van der Waals surface area contributed by atoms with Crippen molar-refractivity contribution >= 4 is 13.8 Å². The van der Waals surface area contributed by atoms with Gasteiger partial charge < -0.3 is 20.1 Å². The molecule has 2 fully saturated rings. The molecule has 34 heavy (non-hydrogen) atoms. The van der Waals surface area contributed by atoms with Crippen molar-refractivity contribution in [3.63, 3.8) is 0 Å². The number of hydrogen-bond donors (Lipinski definition) is 4. The van der Waals surface area contributed by atoms with Crippen molar-refractivity contribution in [2.45, 2.75) is 89.9 Å². The summed E-state index contributed by atoms with van der Waals surface area (Å²) in [5.41, 5.74) is 8.10. The quantitative estimate of drug-likeness (QED) is 0.332. The number of aliphatic hydroxyl groups excluding tert-OH is 1. The highest BCUT2D eigenvalue weighted by Crippen LogP contribution is 2.63. The Morgan fingerprint density at radius 1 is 1.29 bits per heavy atom. The van der Waals surface area contributed by atoms with E-state index < -0.39 is 25.9 Å². The van der Waals surface area contributed by atoms with Gasteiger partial charge in [-0.3, -0.25) is 14.6 Å². The molecule has 9 heteroatoms. The fourth-order valence-electron chi connectivity index (χ4n) is 7.17. The van der Waals surface area contributed by atoms with Crippen molar-refractivity contribution in [2.24, 2.45) is 28.9 Å². The van der Waals surface area contributed by atoms with Crippen LogP contribution in [0.5, 0.6) is 5.75 Å². The molecule has 0 bridgehead atoms. The molecule has 2 saturated carbocycles. The van der Waals surface area contributed by atoms with E-state index in [9.17, 15) is 24.3 Å². The number of nitrogens with two attached hydrogens (primary N) is 1. The highest BCUT2D eigenvalue weighted by Gasteiger charge is 2.58. The smallest absolute Gasteiger partial charge is 0.461 e. The van der Waals surface area contributed by atoms with Crippen LogP contribution in [-0.4, -0.2) is 39.1 Å². The van der Waals surface area contributed by atoms with E-state index in [0.717, 1.165) is 50.5 Å². The zero-order valence-corrected chi connectivity index (χ0v) is 21.1. The molecule has 0 amide bonds. The van der Waals surface area contributed by atoms with Crippen LogP contribution in [0.4, 0.5) is 0 Å². The van der Waals surface area contributed by atoms with E-state index in [1.165, 1.54) is 12.5 Å². The van der Waals surface area contributed by atoms with E-state index in [2.05, 4.69) is 13.8 Å². The molecule has 0 heterocycles. The van der Waals surface area contributed by atoms with Crippen LogP contribution in [0.2, 0.25) is 0 Å². The van der Waals surface area contributed by atoms with Gasteiger partial charge in [0.15, 0.2) is 0 Å². The first-order valence-electron chi connectivity index (χ1n) is 12.5. The molecule has 3 aliphatic rings. The Hall–Kier alpha value is -1.44. The van der Waals surface area contributed by atoms with Crippen LogP contribution in [0.1, 0.15) is 76.3 Å². The summed E-state index contributed by atoms with van der Waals surface area (Å²) in [6.07, 6.45) is 5.56. The van der Waals surface area contributed by atoms with Gasteiger partial charge in [0.1, 0.15) is 17.9 Å². The fourth-order valence-corrected chi connectivity index (χ4v) is 7.56. The Bertz CT molecular complexity index is 963. The summed E-state index contributed by atoms with van der Waals surface area (Å²) in [6, 6.07) is 4.42. The number of benzene rings is 1. The van der Waals surface area contributed by atoms with E-state index >= 15 is 0 Å². The first-order valence-corrected chi connectivity index (χ1v) is 14.0. The molecule has 8 nitrogen and oxygen atoms in total. The molecule has 8 atom stereocenters. The van der Waals surface area contributed by atoms with Crippen molar-refractivity contribution in [1.82, 2.24) is 0 Å². The molecule has 0 radical (unpaired) electrons. The van der Waals surface area contributed by atoms with Gasteiger partial charge >= 0.3 is 13.8 Å². The minimum absolute atomic E-state index is 0.123. The molecule has 190 valence electrons. The molecule has 0 aromatic heterocycles. The maximum atomic E-state index is 12.5. The zero-order chi connectivity index (χ0) is 24.8. The monoisotopic (exact) mass is 495 g/mol. The number of rotatable bonds is 7. The van der Waals surface area contributed by atoms with Gasteiger partial charge in [0.05, 0.1) is 6.10 Å². The summed E-state index contributed by atoms with van der Waals surface area (Å²) in [5, 5.41) is 9.71. The van der Waals surface area contributed by atoms with Crippen LogP contribution in [0, 0.1) is 23.2 Å². The van der Waals surface area contributed by atoms with Crippen molar-refractivity contribution in [3.05, 3.63) is 29.3 Å². The van der Waals surface area contributed by atoms with Gasteiger partial charge in [-0.05, 0) is 86.0 Å². The second-order valence-electron chi connectivity index (χ2n) is 10.8. The van der Waals surface area contributed by atoms with Gasteiger partial charge in [-0.1, -0.05) is 32.8 Å². The van der Waals surface area contributed by atoms with E-state index in [-0.39, 0.29) is 17.3 Å². The average Bonchev–Trinajstić information content (AvgIpc) is 3.07. The number of phosphoric acid groups is 1. The molecule has 0 aliphatic heterocycles. The third-order valence-corrected chi connectivity index (χ3v) is 9.17. The van der Waals surface area contributed by atoms with Crippen molar-refractivity contribution in [1.29, 1.82) is 0 Å². The maximum absolute atomic E-state index is 12.5. The van der Waals surface area contributed by atoms with Gasteiger partial charge in [-0.25, -0.2) is 4.57 Å². The summed E-state index contributed by atoms with van der Waals surface area (Å²) in [4.78, 5) is 31.0. The second-order valence-corrected chi connectivity index (χ2v) is 12.0. The Morgan fingerprint density at radius 2 is 2.03 bits per heavy atom. The highest BCUT2D eigenvalue weighted by molar-refractivity contribution is 7.46. The molecule has 0 unspecified atom stereocenters. The Morgan fingerprint density at radius 3 is 2.68 bits per heavy atom. The topological polar surface area (TPSA) is 139 Å². The molecule has 5 N–H and O–H groups in total. The van der Waals surface area contributed by atoms with Crippen molar-refractivity contribution in [2.75, 3.05) is 0 Å². The number of fused-ring (bicyclic) bond motifs is 5. The third-order valence-electron chi connectivity index (χ3n) is 8.72. The number of esters is 1. The van der Waals surface area contributed by atoms with Gasteiger partial charge in [-0.15, -0.1) is 0 Å². The van der Waals surface area contributed by atoms with Gasteiger partial charge in [0.25, 0.3) is 0 Å². The Balaban J connectivity index is 1.61. The molecule has 1 aromatic carbocycles. The number of carbonyl (C=O) groups is 1. The predicted molar refractivity (Wildman–Crippen MR) is 127 cm³/mol. The highest BCUT2D eigenvalue weighted by atomic mass is 31.2. The van der Waals surface area contributed by atoms with E-state index in [1.54, 1.807) is 12.1 Å². The minimum Gasteiger partial charge on any atom is -0.461 e. The molecule has 4 rings (SSSR count). The summed E-state index contributed by atoms with van der Waals surface area (Å²) in [7, 11) is -4.60. The fraction of sp³-hybridized carbons (Fsp3) is 0.720. The molecule has 0 spiro atoms. The van der Waals surface area contributed by atoms with Gasteiger partial charge in [0.2, 0.25) is 0 Å². The van der Waals surface area contributed by atoms with Gasteiger partial charge in [-0.2, -0.15) is 0 Å². The standard InChI is InChI=1S/C25H38NO7P/c1-4-5-15-12-16-13-17(33-34(29,30)31)6-7-18(16)19-10-11-25(3)20(22(15)19)8-9-21(25)32-24(28)23(26)14(2)27/h6-7,13-15,19-23,27H,4-5,8-12,26H2,1-3H3,(H2,29,30,31)/t14-,15+,19+,20-,21-,22+,23+,25-/m0/s1. The average molecular weight is 496 g/mol. The number of phosphoric ester groups is 1. The van der Waals surface area contributed by atoms with Crippen LogP contribution in [0.3, 0.4) is 0 Å². The Labute approximate surface area is 201 Å². The molecular weight excluding hydrogens is 457 g/mol. The second kappa shape index (κ2) is 9.55. The van der Waals surface area contributed by atoms with E-state index in [0.29, 0.717) is 23.7 Å². The van der Waals surface area contributed by atoms with Crippen LogP contribution in [0.25, 0.3) is 0 Å². The molecule has 1 aromatic rings. The maximum Gasteiger partial charge on any atom is 0.524 e. The largest absolute Gasteiger partial charge is 0.524 e. The number of carbonyl (C=O) groups excluding carboxylic acids is 1. The molecular formula is C25H38NO7P. The van der Waals surface area contributed by atoms with Gasteiger partial charge in [0, 0.05) is 5.41 Å². The van der Waals surface area contributed by atoms with Crippen molar-refractivity contribution < 1.29 is 33.5 Å². The summed E-state index contributed by atoms with van der Waals surface area (Å²) in [6.45, 7) is 5.94. The SMILES string of the molecule is CCC[C@@H]1Cc2cc(OP(=O)(O)O)ccc2[C@H]2CC[C@]3(C)[C@@H](OC(=O)[C@H](N)[C@H](C)O)CC[C@H]3[C@H]12. The minimum atomic E-state index is -4.60. The lowest BCUT2D eigenvalue weighted by Crippen LogP contribution is -2.50. The predicted octanol–water partition coefficient (Wildman–Crippen LogP) is 3.66. The van der Waals surface area contributed by atoms with Crippen molar-refractivity contribution in [3.8, 4) is 5.75 Å².